The van der Waals surface area contributed by atoms with Gasteiger partial charge in [-0.1, -0.05) is 17.9 Å². The molecule has 0 unspecified atom stereocenters. The third kappa shape index (κ3) is 4.37. The Hall–Kier alpha value is -1.67. The van der Waals surface area contributed by atoms with E-state index in [2.05, 4.69) is 21.9 Å². The quantitative estimate of drug-likeness (QED) is 0.647. The van der Waals surface area contributed by atoms with Crippen molar-refractivity contribution in [2.75, 3.05) is 13.6 Å². The van der Waals surface area contributed by atoms with E-state index >= 15 is 0 Å². The summed E-state index contributed by atoms with van der Waals surface area (Å²) in [6.45, 7) is -2.35. The fourth-order valence-corrected chi connectivity index (χ4v) is 1.16. The SMILES string of the molecule is CNCCC#Cc1c(F)cccc1OC(F)F. The monoisotopic (exact) mass is 243 g/mol. The molecule has 1 aromatic carbocycles. The van der Waals surface area contributed by atoms with Gasteiger partial charge in [0, 0.05) is 13.0 Å². The van der Waals surface area contributed by atoms with Crippen LogP contribution in [0.4, 0.5) is 13.2 Å². The number of hydrogen-bond donors (Lipinski definition) is 1. The van der Waals surface area contributed by atoms with E-state index in [9.17, 15) is 13.2 Å². The third-order valence-electron chi connectivity index (χ3n) is 1.90. The smallest absolute Gasteiger partial charge is 0.387 e. The van der Waals surface area contributed by atoms with Crippen LogP contribution in [-0.4, -0.2) is 20.2 Å². The molecule has 1 N–H and O–H groups in total. The number of hydrogen-bond acceptors (Lipinski definition) is 2. The Kier molecular flexibility index (Phi) is 5.37. The molecule has 0 aromatic heterocycles. The zero-order chi connectivity index (χ0) is 12.7. The minimum Gasteiger partial charge on any atom is -0.433 e. The lowest BCUT2D eigenvalue weighted by Gasteiger charge is -2.06. The molecule has 17 heavy (non-hydrogen) atoms. The maximum atomic E-state index is 13.4. The van der Waals surface area contributed by atoms with Crippen molar-refractivity contribution >= 4 is 0 Å². The van der Waals surface area contributed by atoms with Gasteiger partial charge >= 0.3 is 6.61 Å². The Morgan fingerprint density at radius 2 is 2.18 bits per heavy atom. The van der Waals surface area contributed by atoms with Crippen LogP contribution in [0.25, 0.3) is 0 Å². The first-order chi connectivity index (χ1) is 8.15. The molecule has 0 aliphatic heterocycles. The second-order valence-electron chi connectivity index (χ2n) is 3.15. The van der Waals surface area contributed by atoms with Gasteiger partial charge < -0.3 is 10.1 Å². The van der Waals surface area contributed by atoms with E-state index in [1.807, 2.05) is 0 Å². The maximum Gasteiger partial charge on any atom is 0.387 e. The molecule has 0 atom stereocenters. The van der Waals surface area contributed by atoms with E-state index in [0.717, 1.165) is 6.07 Å². The molecule has 0 saturated carbocycles. The average molecular weight is 243 g/mol. The first kappa shape index (κ1) is 13.4. The van der Waals surface area contributed by atoms with Crippen LogP contribution < -0.4 is 10.1 Å². The molecule has 0 radical (unpaired) electrons. The zero-order valence-corrected chi connectivity index (χ0v) is 9.27. The lowest BCUT2D eigenvalue weighted by molar-refractivity contribution is -0.0501. The van der Waals surface area contributed by atoms with Crippen LogP contribution in [0, 0.1) is 17.7 Å². The summed E-state index contributed by atoms with van der Waals surface area (Å²) in [6, 6.07) is 3.71. The lowest BCUT2D eigenvalue weighted by Crippen LogP contribution is -2.06. The van der Waals surface area contributed by atoms with E-state index < -0.39 is 12.4 Å². The predicted molar refractivity (Wildman–Crippen MR) is 58.5 cm³/mol. The van der Waals surface area contributed by atoms with Gasteiger partial charge in [0.25, 0.3) is 0 Å². The van der Waals surface area contributed by atoms with E-state index in [0.29, 0.717) is 13.0 Å². The first-order valence-electron chi connectivity index (χ1n) is 5.02. The molecule has 0 spiro atoms. The molecule has 0 aliphatic carbocycles. The first-order valence-corrected chi connectivity index (χ1v) is 5.02. The van der Waals surface area contributed by atoms with Gasteiger partial charge in [0.15, 0.2) is 0 Å². The summed E-state index contributed by atoms with van der Waals surface area (Å²) < 4.78 is 41.7. The Morgan fingerprint density at radius 1 is 1.41 bits per heavy atom. The minimum absolute atomic E-state index is 0.135. The molecular formula is C12H12F3NO. The number of nitrogens with one attached hydrogen (secondary N) is 1. The maximum absolute atomic E-state index is 13.4. The highest BCUT2D eigenvalue weighted by Gasteiger charge is 2.11. The average Bonchev–Trinajstić information content (AvgIpc) is 2.26. The van der Waals surface area contributed by atoms with Crippen molar-refractivity contribution < 1.29 is 17.9 Å². The molecule has 0 bridgehead atoms. The number of benzene rings is 1. The fourth-order valence-electron chi connectivity index (χ4n) is 1.16. The van der Waals surface area contributed by atoms with E-state index in [4.69, 9.17) is 0 Å². The van der Waals surface area contributed by atoms with Gasteiger partial charge in [-0.3, -0.25) is 0 Å². The van der Waals surface area contributed by atoms with Gasteiger partial charge in [0.1, 0.15) is 17.1 Å². The van der Waals surface area contributed by atoms with Crippen LogP contribution in [0.15, 0.2) is 18.2 Å². The Labute approximate surface area is 97.8 Å². The number of halogens is 3. The molecule has 5 heteroatoms. The third-order valence-corrected chi connectivity index (χ3v) is 1.90. The molecule has 92 valence electrons. The topological polar surface area (TPSA) is 21.3 Å². The van der Waals surface area contributed by atoms with Crippen LogP contribution in [-0.2, 0) is 0 Å². The van der Waals surface area contributed by atoms with Gasteiger partial charge in [-0.05, 0) is 19.2 Å². The van der Waals surface area contributed by atoms with Crippen LogP contribution in [0.1, 0.15) is 12.0 Å². The van der Waals surface area contributed by atoms with Crippen LogP contribution in [0.5, 0.6) is 5.75 Å². The summed E-state index contributed by atoms with van der Waals surface area (Å²) in [5, 5.41) is 2.87. The van der Waals surface area contributed by atoms with E-state index in [1.165, 1.54) is 12.1 Å². The predicted octanol–water partition coefficient (Wildman–Crippen LogP) is 2.39. The Balaban J connectivity index is 2.90. The summed E-state index contributed by atoms with van der Waals surface area (Å²) >= 11 is 0. The van der Waals surface area contributed by atoms with Crippen molar-refractivity contribution in [2.24, 2.45) is 0 Å². The molecule has 0 saturated heterocycles. The van der Waals surface area contributed by atoms with Crippen molar-refractivity contribution in [3.05, 3.63) is 29.6 Å². The van der Waals surface area contributed by atoms with Gasteiger partial charge in [0.2, 0.25) is 0 Å². The summed E-state index contributed by atoms with van der Waals surface area (Å²) in [5.41, 5.74) is -0.135. The Morgan fingerprint density at radius 3 is 2.82 bits per heavy atom. The molecule has 1 aromatic rings. The molecule has 0 amide bonds. The highest BCUT2D eigenvalue weighted by atomic mass is 19.3. The summed E-state index contributed by atoms with van der Waals surface area (Å²) in [4.78, 5) is 0. The fraction of sp³-hybridized carbons (Fsp3) is 0.333. The second kappa shape index (κ2) is 6.81. The lowest BCUT2D eigenvalue weighted by atomic mass is 10.2. The van der Waals surface area contributed by atoms with Crippen LogP contribution in [0.2, 0.25) is 0 Å². The molecule has 0 heterocycles. The molecular weight excluding hydrogens is 231 g/mol. The largest absolute Gasteiger partial charge is 0.433 e. The van der Waals surface area contributed by atoms with Crippen molar-refractivity contribution in [3.8, 4) is 17.6 Å². The normalized spacial score (nSPS) is 9.94. The highest BCUT2D eigenvalue weighted by molar-refractivity contribution is 5.47. The molecule has 0 aliphatic rings. The van der Waals surface area contributed by atoms with Gasteiger partial charge in [-0.25, -0.2) is 4.39 Å². The van der Waals surface area contributed by atoms with Crippen LogP contribution in [0.3, 0.4) is 0 Å². The van der Waals surface area contributed by atoms with Crippen LogP contribution >= 0.6 is 0 Å². The van der Waals surface area contributed by atoms with Crippen molar-refractivity contribution in [2.45, 2.75) is 13.0 Å². The highest BCUT2D eigenvalue weighted by Crippen LogP contribution is 2.22. The summed E-state index contributed by atoms with van der Waals surface area (Å²) in [6.07, 6.45) is 0.499. The second-order valence-corrected chi connectivity index (χ2v) is 3.15. The van der Waals surface area contributed by atoms with E-state index in [-0.39, 0.29) is 11.3 Å². The van der Waals surface area contributed by atoms with Gasteiger partial charge in [-0.15, -0.1) is 0 Å². The zero-order valence-electron chi connectivity index (χ0n) is 9.27. The van der Waals surface area contributed by atoms with Crippen molar-refractivity contribution in [3.63, 3.8) is 0 Å². The summed E-state index contributed by atoms with van der Waals surface area (Å²) in [7, 11) is 1.76. The number of ether oxygens (including phenoxy) is 1. The van der Waals surface area contributed by atoms with Crippen molar-refractivity contribution in [1.82, 2.24) is 5.32 Å². The number of rotatable bonds is 4. The van der Waals surface area contributed by atoms with E-state index in [1.54, 1.807) is 7.05 Å². The Bertz CT molecular complexity index is 423. The molecule has 2 nitrogen and oxygen atoms in total. The van der Waals surface area contributed by atoms with Crippen molar-refractivity contribution in [1.29, 1.82) is 0 Å². The van der Waals surface area contributed by atoms with Gasteiger partial charge in [-0.2, -0.15) is 8.78 Å². The molecule has 1 rings (SSSR count). The summed E-state index contributed by atoms with van der Waals surface area (Å²) in [5.74, 6) is 4.27. The number of alkyl halides is 2. The minimum atomic E-state index is -2.99. The molecule has 0 fully saturated rings. The standard InChI is InChI=1S/C12H12F3NO/c1-16-8-3-2-5-9-10(13)6-4-7-11(9)17-12(14)15/h4,6-7,12,16H,3,8H2,1H3. The van der Waals surface area contributed by atoms with Gasteiger partial charge in [0.05, 0.1) is 0 Å².